The van der Waals surface area contributed by atoms with E-state index in [0.717, 1.165) is 32.9 Å². The van der Waals surface area contributed by atoms with Crippen LogP contribution in [0.15, 0.2) is 42.5 Å². The van der Waals surface area contributed by atoms with Crippen molar-refractivity contribution in [1.29, 1.82) is 0 Å². The molecule has 43 heavy (non-hydrogen) atoms. The maximum Gasteiger partial charge on any atom is 0.410 e. The van der Waals surface area contributed by atoms with E-state index in [0.29, 0.717) is 0 Å². The summed E-state index contributed by atoms with van der Waals surface area (Å²) in [6, 6.07) is 7.88. The average Bonchev–Trinajstić information content (AvgIpc) is 2.93. The van der Waals surface area contributed by atoms with Gasteiger partial charge in [-0.15, -0.1) is 0 Å². The summed E-state index contributed by atoms with van der Waals surface area (Å²) in [7, 11) is -4.38. The van der Waals surface area contributed by atoms with E-state index in [1.807, 2.05) is 10.9 Å². The number of benzene rings is 2. The highest BCUT2D eigenvalue weighted by atomic mass is 32.2. The molecule has 0 aliphatic carbocycles. The number of amides is 3. The normalized spacial score (nSPS) is 14.4. The molecule has 0 spiro atoms. The molecular formula is C27H33F4N5O6S. The number of hydrogen-bond donors (Lipinski definition) is 2. The fourth-order valence-corrected chi connectivity index (χ4v) is 5.56. The molecule has 0 unspecified atom stereocenters. The van der Waals surface area contributed by atoms with Crippen molar-refractivity contribution in [3.05, 3.63) is 65.2 Å². The van der Waals surface area contributed by atoms with Crippen LogP contribution in [0.25, 0.3) is 0 Å². The summed E-state index contributed by atoms with van der Waals surface area (Å²) in [6.07, 6.45) is -4.52. The quantitative estimate of drug-likeness (QED) is 0.322. The molecule has 2 aromatic carbocycles. The van der Waals surface area contributed by atoms with Gasteiger partial charge in [-0.3, -0.25) is 24.7 Å². The second kappa shape index (κ2) is 14.0. The molecule has 3 amide bonds. The lowest BCUT2D eigenvalue weighted by molar-refractivity contribution is -0.122. The van der Waals surface area contributed by atoms with Gasteiger partial charge in [0.05, 0.1) is 12.2 Å². The zero-order valence-electron chi connectivity index (χ0n) is 23.8. The predicted molar refractivity (Wildman–Crippen MR) is 148 cm³/mol. The van der Waals surface area contributed by atoms with E-state index in [-0.39, 0.29) is 43.0 Å². The first-order valence-electron chi connectivity index (χ1n) is 13.2. The average molecular weight is 632 g/mol. The Labute approximate surface area is 246 Å². The summed E-state index contributed by atoms with van der Waals surface area (Å²) < 4.78 is 88.6. The van der Waals surface area contributed by atoms with Gasteiger partial charge in [0.25, 0.3) is 5.91 Å². The van der Waals surface area contributed by atoms with E-state index in [1.165, 1.54) is 23.1 Å². The van der Waals surface area contributed by atoms with Gasteiger partial charge in [0, 0.05) is 50.1 Å². The fraction of sp³-hybridized carbons (Fsp3) is 0.444. The largest absolute Gasteiger partial charge is 0.444 e. The van der Waals surface area contributed by atoms with Gasteiger partial charge in [-0.2, -0.15) is 12.7 Å². The molecule has 0 saturated carbocycles. The molecule has 1 aliphatic heterocycles. The first-order chi connectivity index (χ1) is 20.1. The predicted octanol–water partition coefficient (Wildman–Crippen LogP) is 3.58. The minimum Gasteiger partial charge on any atom is -0.444 e. The van der Waals surface area contributed by atoms with Crippen molar-refractivity contribution in [3.8, 4) is 0 Å². The van der Waals surface area contributed by atoms with E-state index in [2.05, 4.69) is 0 Å². The standard InChI is InChI=1S/C27H33F4N5O6S/c1-27(2,3)42-26(39)34-11-13-35(14-12-34)43(40,41)36(21-6-4-5-20(28)16-21)17-19-8-7-18(15-22(19)29)25(38)33-32-24(37)10-9-23(30)31/h4-8,15-16,23H,9-14,17H2,1-3H3,(H,32,37)(H,33,38). The minimum absolute atomic E-state index is 0.0297. The number of rotatable bonds is 9. The van der Waals surface area contributed by atoms with Crippen molar-refractivity contribution in [1.82, 2.24) is 20.1 Å². The second-order valence-electron chi connectivity index (χ2n) is 10.6. The van der Waals surface area contributed by atoms with Crippen LogP contribution in [0.5, 0.6) is 0 Å². The second-order valence-corrected chi connectivity index (χ2v) is 12.5. The van der Waals surface area contributed by atoms with Gasteiger partial charge in [-0.05, 0) is 51.1 Å². The van der Waals surface area contributed by atoms with Gasteiger partial charge in [0.1, 0.15) is 17.2 Å². The van der Waals surface area contributed by atoms with E-state index < -0.39 is 71.2 Å². The Bertz CT molecular complexity index is 1430. The number of carbonyl (C=O) groups excluding carboxylic acids is 3. The Kier molecular flexibility index (Phi) is 11.0. The Balaban J connectivity index is 1.77. The summed E-state index contributed by atoms with van der Waals surface area (Å²) >= 11 is 0. The van der Waals surface area contributed by atoms with Gasteiger partial charge >= 0.3 is 16.3 Å². The first kappa shape index (κ1) is 33.6. The van der Waals surface area contributed by atoms with Gasteiger partial charge < -0.3 is 9.64 Å². The summed E-state index contributed by atoms with van der Waals surface area (Å²) in [5, 5.41) is 0. The fourth-order valence-electron chi connectivity index (χ4n) is 3.98. The summed E-state index contributed by atoms with van der Waals surface area (Å²) in [4.78, 5) is 37.7. The van der Waals surface area contributed by atoms with Gasteiger partial charge in [-0.1, -0.05) is 12.1 Å². The Morgan fingerprint density at radius 2 is 1.67 bits per heavy atom. The van der Waals surface area contributed by atoms with Crippen LogP contribution >= 0.6 is 0 Å². The van der Waals surface area contributed by atoms with Crippen LogP contribution in [0.4, 0.5) is 28.0 Å². The third-order valence-corrected chi connectivity index (χ3v) is 8.04. The number of nitrogens with one attached hydrogen (secondary N) is 2. The first-order valence-corrected chi connectivity index (χ1v) is 14.6. The molecule has 0 atom stereocenters. The van der Waals surface area contributed by atoms with E-state index in [1.54, 1.807) is 20.8 Å². The molecule has 16 heteroatoms. The Hall–Kier alpha value is -3.92. The van der Waals surface area contributed by atoms with Crippen molar-refractivity contribution in [3.63, 3.8) is 0 Å². The zero-order valence-corrected chi connectivity index (χ0v) is 24.6. The molecule has 0 radical (unpaired) electrons. The van der Waals surface area contributed by atoms with Gasteiger partial charge in [0.15, 0.2) is 0 Å². The van der Waals surface area contributed by atoms with Crippen LogP contribution in [0, 0.1) is 11.6 Å². The molecule has 3 rings (SSSR count). The molecule has 236 valence electrons. The van der Waals surface area contributed by atoms with Crippen molar-refractivity contribution in [2.24, 2.45) is 0 Å². The number of hydrogen-bond acceptors (Lipinski definition) is 6. The van der Waals surface area contributed by atoms with Crippen LogP contribution in [0.3, 0.4) is 0 Å². The lowest BCUT2D eigenvalue weighted by atomic mass is 10.1. The molecule has 11 nitrogen and oxygen atoms in total. The van der Waals surface area contributed by atoms with Crippen LogP contribution in [0.1, 0.15) is 49.5 Å². The van der Waals surface area contributed by atoms with E-state index in [4.69, 9.17) is 4.74 Å². The molecule has 2 N–H and O–H groups in total. The molecule has 0 aromatic heterocycles. The van der Waals surface area contributed by atoms with Crippen LogP contribution < -0.4 is 15.2 Å². The number of ether oxygens (including phenoxy) is 1. The SMILES string of the molecule is CC(C)(C)OC(=O)N1CCN(S(=O)(=O)N(Cc2ccc(C(=O)NNC(=O)CCC(F)F)cc2F)c2cccc(F)c2)CC1. The van der Waals surface area contributed by atoms with Crippen molar-refractivity contribution < 1.29 is 45.1 Å². The maximum absolute atomic E-state index is 15.2. The molecule has 2 aromatic rings. The highest BCUT2D eigenvalue weighted by molar-refractivity contribution is 7.90. The molecular weight excluding hydrogens is 598 g/mol. The number of piperazine rings is 1. The van der Waals surface area contributed by atoms with Crippen molar-refractivity contribution in [2.45, 2.75) is 52.2 Å². The summed E-state index contributed by atoms with van der Waals surface area (Å²) in [5.74, 6) is -3.50. The lowest BCUT2D eigenvalue weighted by Crippen LogP contribution is -2.54. The minimum atomic E-state index is -4.38. The highest BCUT2D eigenvalue weighted by Crippen LogP contribution is 2.26. The monoisotopic (exact) mass is 631 g/mol. The third-order valence-electron chi connectivity index (χ3n) is 6.13. The van der Waals surface area contributed by atoms with Crippen molar-refractivity contribution in [2.75, 3.05) is 30.5 Å². The van der Waals surface area contributed by atoms with Crippen molar-refractivity contribution >= 4 is 33.8 Å². The number of carbonyl (C=O) groups is 3. The Morgan fingerprint density at radius 3 is 2.26 bits per heavy atom. The van der Waals surface area contributed by atoms with E-state index >= 15 is 4.39 Å². The Morgan fingerprint density at radius 1 is 1.00 bits per heavy atom. The highest BCUT2D eigenvalue weighted by Gasteiger charge is 2.35. The number of hydrazine groups is 1. The maximum atomic E-state index is 15.2. The number of halogens is 4. The lowest BCUT2D eigenvalue weighted by Gasteiger charge is -2.37. The molecule has 1 aliphatic rings. The molecule has 0 bridgehead atoms. The smallest absolute Gasteiger partial charge is 0.410 e. The zero-order chi connectivity index (χ0) is 31.9. The topological polar surface area (TPSA) is 128 Å². The number of anilines is 1. The molecule has 1 saturated heterocycles. The van der Waals surface area contributed by atoms with Crippen LogP contribution in [-0.4, -0.2) is 73.7 Å². The number of nitrogens with zero attached hydrogens (tertiary/aromatic N) is 3. The molecule has 1 heterocycles. The van der Waals surface area contributed by atoms with Crippen LogP contribution in [-0.2, 0) is 26.3 Å². The van der Waals surface area contributed by atoms with Gasteiger partial charge in [-0.25, -0.2) is 22.4 Å². The number of alkyl halides is 2. The summed E-state index contributed by atoms with van der Waals surface area (Å²) in [6.45, 7) is 4.41. The third kappa shape index (κ3) is 9.54. The summed E-state index contributed by atoms with van der Waals surface area (Å²) in [5.41, 5.74) is 2.73. The van der Waals surface area contributed by atoms with Crippen LogP contribution in [0.2, 0.25) is 0 Å². The molecule has 1 fully saturated rings. The van der Waals surface area contributed by atoms with E-state index in [9.17, 15) is 36.0 Å². The van der Waals surface area contributed by atoms with Gasteiger partial charge in [0.2, 0.25) is 12.3 Å².